The number of pyridine rings is 1. The fourth-order valence-electron chi connectivity index (χ4n) is 1.99. The number of fused-ring (bicyclic) bond motifs is 1. The van der Waals surface area contributed by atoms with Crippen LogP contribution in [0.3, 0.4) is 0 Å². The Bertz CT molecular complexity index is 571. The second-order valence-electron chi connectivity index (χ2n) is 4.43. The van der Waals surface area contributed by atoms with Gasteiger partial charge in [-0.1, -0.05) is 6.92 Å². The minimum Gasteiger partial charge on any atom is -0.329 e. The van der Waals surface area contributed by atoms with E-state index in [0.29, 0.717) is 5.92 Å². The standard InChI is InChI=1S/C12H17N3S2/c1-8(7-17-3)6-15-11-10(14-12(15)16)9(2)4-5-13-11/h4-5,8H,6-7H2,1-3H3,(H,14,16). The number of thioether (sulfide) groups is 1. The van der Waals surface area contributed by atoms with E-state index in [1.807, 2.05) is 24.0 Å². The Labute approximate surface area is 111 Å². The lowest BCUT2D eigenvalue weighted by atomic mass is 10.2. The third-order valence-electron chi connectivity index (χ3n) is 2.82. The van der Waals surface area contributed by atoms with Crippen LogP contribution in [0.5, 0.6) is 0 Å². The van der Waals surface area contributed by atoms with Crippen LogP contribution in [-0.4, -0.2) is 26.5 Å². The lowest BCUT2D eigenvalue weighted by Gasteiger charge is -2.10. The number of aryl methyl sites for hydroxylation is 1. The molecule has 0 amide bonds. The molecule has 0 fully saturated rings. The first-order chi connectivity index (χ1) is 8.13. The Morgan fingerprint density at radius 2 is 2.35 bits per heavy atom. The number of imidazole rings is 1. The van der Waals surface area contributed by atoms with Crippen LogP contribution in [0.1, 0.15) is 12.5 Å². The number of aromatic amines is 1. The van der Waals surface area contributed by atoms with E-state index in [2.05, 4.69) is 34.6 Å². The molecule has 2 rings (SSSR count). The molecular formula is C12H17N3S2. The molecule has 2 aromatic heterocycles. The van der Waals surface area contributed by atoms with Gasteiger partial charge in [-0.15, -0.1) is 0 Å². The van der Waals surface area contributed by atoms with Gasteiger partial charge < -0.3 is 9.55 Å². The van der Waals surface area contributed by atoms with E-state index >= 15 is 0 Å². The molecule has 1 unspecified atom stereocenters. The summed E-state index contributed by atoms with van der Waals surface area (Å²) in [6.45, 7) is 5.24. The van der Waals surface area contributed by atoms with Gasteiger partial charge in [0.2, 0.25) is 0 Å². The van der Waals surface area contributed by atoms with Crippen molar-refractivity contribution < 1.29 is 0 Å². The SMILES string of the molecule is CSCC(C)Cn1c(=S)[nH]c2c(C)ccnc21. The van der Waals surface area contributed by atoms with Crippen molar-refractivity contribution in [3.63, 3.8) is 0 Å². The predicted octanol–water partition coefficient (Wildman–Crippen LogP) is 3.40. The third-order valence-corrected chi connectivity index (χ3v) is 4.04. The number of nitrogens with one attached hydrogen (secondary N) is 1. The largest absolute Gasteiger partial charge is 0.329 e. The summed E-state index contributed by atoms with van der Waals surface area (Å²) in [4.78, 5) is 7.69. The smallest absolute Gasteiger partial charge is 0.179 e. The molecule has 0 aliphatic heterocycles. The number of hydrogen-bond acceptors (Lipinski definition) is 3. The van der Waals surface area contributed by atoms with Crippen LogP contribution in [0.4, 0.5) is 0 Å². The Hall–Kier alpha value is -0.810. The zero-order valence-electron chi connectivity index (χ0n) is 10.4. The molecule has 0 saturated carbocycles. The molecule has 1 N–H and O–H groups in total. The van der Waals surface area contributed by atoms with Gasteiger partial charge in [0.25, 0.3) is 0 Å². The summed E-state index contributed by atoms with van der Waals surface area (Å²) in [6.07, 6.45) is 3.98. The fraction of sp³-hybridized carbons (Fsp3) is 0.500. The monoisotopic (exact) mass is 267 g/mol. The van der Waals surface area contributed by atoms with Crippen molar-refractivity contribution in [2.24, 2.45) is 5.92 Å². The zero-order chi connectivity index (χ0) is 12.4. The van der Waals surface area contributed by atoms with Crippen LogP contribution in [0.25, 0.3) is 11.2 Å². The Kier molecular flexibility index (Phi) is 3.89. The summed E-state index contributed by atoms with van der Waals surface area (Å²) >= 11 is 7.24. The van der Waals surface area contributed by atoms with Crippen molar-refractivity contribution in [3.8, 4) is 0 Å². The topological polar surface area (TPSA) is 33.6 Å². The third kappa shape index (κ3) is 2.55. The molecule has 17 heavy (non-hydrogen) atoms. The number of hydrogen-bond donors (Lipinski definition) is 1. The molecular weight excluding hydrogens is 250 g/mol. The maximum absolute atomic E-state index is 5.38. The van der Waals surface area contributed by atoms with E-state index in [1.54, 1.807) is 0 Å². The average molecular weight is 267 g/mol. The molecule has 0 spiro atoms. The summed E-state index contributed by atoms with van der Waals surface area (Å²) in [7, 11) is 0. The van der Waals surface area contributed by atoms with Crippen molar-refractivity contribution in [2.75, 3.05) is 12.0 Å². The molecule has 5 heteroatoms. The van der Waals surface area contributed by atoms with E-state index in [9.17, 15) is 0 Å². The molecule has 0 aromatic carbocycles. The van der Waals surface area contributed by atoms with Crippen molar-refractivity contribution in [3.05, 3.63) is 22.6 Å². The number of rotatable bonds is 4. The first kappa shape index (κ1) is 12.6. The van der Waals surface area contributed by atoms with Gasteiger partial charge in [0, 0.05) is 12.7 Å². The molecule has 0 aliphatic carbocycles. The van der Waals surface area contributed by atoms with E-state index in [1.165, 1.54) is 5.56 Å². The van der Waals surface area contributed by atoms with Crippen molar-refractivity contribution in [1.29, 1.82) is 0 Å². The van der Waals surface area contributed by atoms with Gasteiger partial charge in [-0.05, 0) is 48.7 Å². The predicted molar refractivity (Wildman–Crippen MR) is 77.2 cm³/mol. The van der Waals surface area contributed by atoms with E-state index in [0.717, 1.165) is 28.2 Å². The molecule has 1 atom stereocenters. The van der Waals surface area contributed by atoms with Gasteiger partial charge in [-0.2, -0.15) is 11.8 Å². The first-order valence-corrected chi connectivity index (χ1v) is 7.46. The first-order valence-electron chi connectivity index (χ1n) is 5.66. The second kappa shape index (κ2) is 5.23. The number of nitrogens with zero attached hydrogens (tertiary/aromatic N) is 2. The highest BCUT2D eigenvalue weighted by molar-refractivity contribution is 7.98. The van der Waals surface area contributed by atoms with Crippen LogP contribution in [0.2, 0.25) is 0 Å². The molecule has 0 bridgehead atoms. The van der Waals surface area contributed by atoms with Gasteiger partial charge >= 0.3 is 0 Å². The molecule has 0 aliphatic rings. The minimum atomic E-state index is 0.595. The lowest BCUT2D eigenvalue weighted by Crippen LogP contribution is -2.10. The molecule has 2 aromatic rings. The van der Waals surface area contributed by atoms with E-state index < -0.39 is 0 Å². The van der Waals surface area contributed by atoms with Crippen molar-refractivity contribution in [1.82, 2.24) is 14.5 Å². The molecule has 0 saturated heterocycles. The highest BCUT2D eigenvalue weighted by Crippen LogP contribution is 2.17. The van der Waals surface area contributed by atoms with Crippen molar-refractivity contribution >= 4 is 35.1 Å². The van der Waals surface area contributed by atoms with Gasteiger partial charge in [0.15, 0.2) is 10.4 Å². The van der Waals surface area contributed by atoms with Crippen LogP contribution >= 0.6 is 24.0 Å². The highest BCUT2D eigenvalue weighted by Gasteiger charge is 2.10. The van der Waals surface area contributed by atoms with E-state index in [4.69, 9.17) is 12.2 Å². The van der Waals surface area contributed by atoms with Gasteiger partial charge in [-0.25, -0.2) is 4.98 Å². The summed E-state index contributed by atoms with van der Waals surface area (Å²) in [5, 5.41) is 0. The second-order valence-corrected chi connectivity index (χ2v) is 5.73. The van der Waals surface area contributed by atoms with Crippen LogP contribution in [0.15, 0.2) is 12.3 Å². The molecule has 0 radical (unpaired) electrons. The zero-order valence-corrected chi connectivity index (χ0v) is 12.0. The summed E-state index contributed by atoms with van der Waals surface area (Å²) in [5.74, 6) is 1.73. The summed E-state index contributed by atoms with van der Waals surface area (Å²) in [5.41, 5.74) is 3.23. The maximum Gasteiger partial charge on any atom is 0.179 e. The summed E-state index contributed by atoms with van der Waals surface area (Å²) < 4.78 is 2.88. The normalized spacial score (nSPS) is 13.1. The Morgan fingerprint density at radius 1 is 1.59 bits per heavy atom. The quantitative estimate of drug-likeness (QED) is 0.862. The summed E-state index contributed by atoms with van der Waals surface area (Å²) in [6, 6.07) is 2.00. The van der Waals surface area contributed by atoms with Gasteiger partial charge in [-0.3, -0.25) is 0 Å². The van der Waals surface area contributed by atoms with Gasteiger partial charge in [0.05, 0.1) is 5.52 Å². The average Bonchev–Trinajstić information content (AvgIpc) is 2.58. The fourth-order valence-corrected chi connectivity index (χ4v) is 2.93. The number of H-pyrrole nitrogens is 1. The minimum absolute atomic E-state index is 0.595. The van der Waals surface area contributed by atoms with Crippen molar-refractivity contribution in [2.45, 2.75) is 20.4 Å². The molecule has 92 valence electrons. The van der Waals surface area contributed by atoms with Crippen LogP contribution in [-0.2, 0) is 6.54 Å². The van der Waals surface area contributed by atoms with Crippen LogP contribution in [0, 0.1) is 17.6 Å². The van der Waals surface area contributed by atoms with Crippen LogP contribution < -0.4 is 0 Å². The highest BCUT2D eigenvalue weighted by atomic mass is 32.2. The Balaban J connectivity index is 2.43. The molecule has 3 nitrogen and oxygen atoms in total. The molecule has 2 heterocycles. The lowest BCUT2D eigenvalue weighted by molar-refractivity contribution is 0.534. The maximum atomic E-state index is 5.38. The van der Waals surface area contributed by atoms with E-state index in [-0.39, 0.29) is 0 Å². The van der Waals surface area contributed by atoms with Gasteiger partial charge in [0.1, 0.15) is 0 Å². The number of aromatic nitrogens is 3. The Morgan fingerprint density at radius 3 is 3.06 bits per heavy atom.